The molecule has 0 bridgehead atoms. The average molecular weight is 354 g/mol. The second-order valence-electron chi connectivity index (χ2n) is 6.92. The minimum absolute atomic E-state index is 0.454. The molecule has 3 nitrogen and oxygen atoms in total. The van der Waals surface area contributed by atoms with Gasteiger partial charge < -0.3 is 15.5 Å². The van der Waals surface area contributed by atoms with E-state index in [4.69, 9.17) is 12.2 Å². The highest BCUT2D eigenvalue weighted by Gasteiger charge is 2.11. The Bertz CT molecular complexity index is 703. The van der Waals surface area contributed by atoms with Gasteiger partial charge in [-0.3, -0.25) is 0 Å². The van der Waals surface area contributed by atoms with Gasteiger partial charge in [-0.1, -0.05) is 32.0 Å². The highest BCUT2D eigenvalue weighted by molar-refractivity contribution is 7.80. The quantitative estimate of drug-likeness (QED) is 0.699. The third-order valence-electron chi connectivity index (χ3n) is 4.68. The molecule has 132 valence electrons. The molecule has 0 radical (unpaired) electrons. The van der Waals surface area contributed by atoms with Crippen LogP contribution in [-0.4, -0.2) is 18.2 Å². The van der Waals surface area contributed by atoms with E-state index >= 15 is 0 Å². The van der Waals surface area contributed by atoms with Gasteiger partial charge in [-0.05, 0) is 73.3 Å². The molecule has 2 N–H and O–H groups in total. The molecule has 1 aliphatic rings. The van der Waals surface area contributed by atoms with Crippen molar-refractivity contribution in [1.29, 1.82) is 0 Å². The van der Waals surface area contributed by atoms with E-state index < -0.39 is 0 Å². The van der Waals surface area contributed by atoms with Gasteiger partial charge in [0.05, 0.1) is 0 Å². The van der Waals surface area contributed by atoms with Crippen molar-refractivity contribution in [2.75, 3.05) is 28.6 Å². The van der Waals surface area contributed by atoms with E-state index in [0.29, 0.717) is 11.0 Å². The standard InChI is InChI=1S/C21H27N3S/c1-16(2)19-8-4-5-9-20(19)23-21(25)22-17-10-12-18(13-11-17)24-14-6-3-7-15-24/h4-5,8-13,16H,3,6-7,14-15H2,1-2H3,(H2,22,23,25). The molecule has 0 atom stereocenters. The summed E-state index contributed by atoms with van der Waals surface area (Å²) >= 11 is 5.49. The van der Waals surface area contributed by atoms with Crippen molar-refractivity contribution in [1.82, 2.24) is 0 Å². The molecule has 0 saturated carbocycles. The molecule has 1 fully saturated rings. The van der Waals surface area contributed by atoms with E-state index in [1.807, 2.05) is 6.07 Å². The summed E-state index contributed by atoms with van der Waals surface area (Å²) in [5.74, 6) is 0.454. The van der Waals surface area contributed by atoms with Gasteiger partial charge in [-0.15, -0.1) is 0 Å². The SMILES string of the molecule is CC(C)c1ccccc1NC(=S)Nc1ccc(N2CCCCC2)cc1. The smallest absolute Gasteiger partial charge is 0.175 e. The predicted molar refractivity (Wildman–Crippen MR) is 113 cm³/mol. The lowest BCUT2D eigenvalue weighted by Gasteiger charge is -2.28. The highest BCUT2D eigenvalue weighted by atomic mass is 32.1. The van der Waals surface area contributed by atoms with E-state index in [9.17, 15) is 0 Å². The monoisotopic (exact) mass is 353 g/mol. The zero-order chi connectivity index (χ0) is 17.6. The van der Waals surface area contributed by atoms with Crippen molar-refractivity contribution in [2.45, 2.75) is 39.0 Å². The van der Waals surface area contributed by atoms with Crippen LogP contribution in [0.3, 0.4) is 0 Å². The number of piperidine rings is 1. The van der Waals surface area contributed by atoms with E-state index in [-0.39, 0.29) is 0 Å². The van der Waals surface area contributed by atoms with Gasteiger partial charge in [0.25, 0.3) is 0 Å². The maximum absolute atomic E-state index is 5.49. The van der Waals surface area contributed by atoms with Crippen LogP contribution in [0.5, 0.6) is 0 Å². The summed E-state index contributed by atoms with van der Waals surface area (Å²) in [6.45, 7) is 6.71. The largest absolute Gasteiger partial charge is 0.372 e. The first-order valence-electron chi connectivity index (χ1n) is 9.15. The van der Waals surface area contributed by atoms with Crippen LogP contribution >= 0.6 is 12.2 Å². The molecule has 0 aromatic heterocycles. The zero-order valence-electron chi connectivity index (χ0n) is 15.1. The third-order valence-corrected chi connectivity index (χ3v) is 4.88. The Labute approximate surface area is 156 Å². The lowest BCUT2D eigenvalue weighted by atomic mass is 10.0. The average Bonchev–Trinajstić information content (AvgIpc) is 2.63. The van der Waals surface area contributed by atoms with Gasteiger partial charge in [0, 0.05) is 30.2 Å². The van der Waals surface area contributed by atoms with Gasteiger partial charge in [-0.2, -0.15) is 0 Å². The van der Waals surface area contributed by atoms with Crippen LogP contribution in [-0.2, 0) is 0 Å². The van der Waals surface area contributed by atoms with Crippen molar-refractivity contribution >= 4 is 34.4 Å². The maximum atomic E-state index is 5.49. The number of rotatable bonds is 4. The van der Waals surface area contributed by atoms with Gasteiger partial charge in [0.2, 0.25) is 0 Å². The van der Waals surface area contributed by atoms with Gasteiger partial charge in [0.15, 0.2) is 5.11 Å². The Morgan fingerprint density at radius 1 is 0.920 bits per heavy atom. The Hall–Kier alpha value is -2.07. The van der Waals surface area contributed by atoms with Crippen molar-refractivity contribution in [3.63, 3.8) is 0 Å². The molecule has 0 unspecified atom stereocenters. The van der Waals surface area contributed by atoms with Crippen molar-refractivity contribution in [3.05, 3.63) is 54.1 Å². The summed E-state index contributed by atoms with van der Waals surface area (Å²) in [5, 5.41) is 7.24. The van der Waals surface area contributed by atoms with Gasteiger partial charge in [0.1, 0.15) is 0 Å². The lowest BCUT2D eigenvalue weighted by Crippen LogP contribution is -2.29. The van der Waals surface area contributed by atoms with Crippen molar-refractivity contribution < 1.29 is 0 Å². The molecule has 0 spiro atoms. The number of hydrogen-bond donors (Lipinski definition) is 2. The van der Waals surface area contributed by atoms with Crippen molar-refractivity contribution in [3.8, 4) is 0 Å². The predicted octanol–water partition coefficient (Wildman–Crippen LogP) is 5.61. The Kier molecular flexibility index (Phi) is 5.92. The van der Waals surface area contributed by atoms with Crippen LogP contribution in [0.15, 0.2) is 48.5 Å². The van der Waals surface area contributed by atoms with Crippen LogP contribution in [0.2, 0.25) is 0 Å². The van der Waals surface area contributed by atoms with Crippen LogP contribution in [0, 0.1) is 0 Å². The van der Waals surface area contributed by atoms with E-state index in [2.05, 4.69) is 71.8 Å². The van der Waals surface area contributed by atoms with Crippen LogP contribution in [0.4, 0.5) is 17.1 Å². The molecule has 2 aromatic carbocycles. The maximum Gasteiger partial charge on any atom is 0.175 e. The second-order valence-corrected chi connectivity index (χ2v) is 7.32. The topological polar surface area (TPSA) is 27.3 Å². The fraction of sp³-hybridized carbons (Fsp3) is 0.381. The number of anilines is 3. The summed E-state index contributed by atoms with van der Waals surface area (Å²) in [5.41, 5.74) is 4.65. The molecule has 3 rings (SSSR count). The molecule has 25 heavy (non-hydrogen) atoms. The minimum Gasteiger partial charge on any atom is -0.372 e. The highest BCUT2D eigenvalue weighted by Crippen LogP contribution is 2.25. The van der Waals surface area contributed by atoms with E-state index in [0.717, 1.165) is 11.4 Å². The lowest BCUT2D eigenvalue weighted by molar-refractivity contribution is 0.578. The summed E-state index contributed by atoms with van der Waals surface area (Å²) in [6.07, 6.45) is 3.94. The first kappa shape index (κ1) is 17.7. The van der Waals surface area contributed by atoms with Crippen molar-refractivity contribution in [2.24, 2.45) is 0 Å². The minimum atomic E-state index is 0.454. The number of nitrogens with one attached hydrogen (secondary N) is 2. The number of thiocarbonyl (C=S) groups is 1. The molecular weight excluding hydrogens is 326 g/mol. The zero-order valence-corrected chi connectivity index (χ0v) is 15.9. The first-order valence-corrected chi connectivity index (χ1v) is 9.56. The summed E-state index contributed by atoms with van der Waals surface area (Å²) in [7, 11) is 0. The first-order chi connectivity index (χ1) is 12.1. The van der Waals surface area contributed by atoms with Gasteiger partial charge in [-0.25, -0.2) is 0 Å². The number of nitrogens with zero attached hydrogens (tertiary/aromatic N) is 1. The Morgan fingerprint density at radius 2 is 1.60 bits per heavy atom. The second kappa shape index (κ2) is 8.34. The third kappa shape index (κ3) is 4.73. The van der Waals surface area contributed by atoms with Crippen LogP contribution in [0.25, 0.3) is 0 Å². The number of para-hydroxylation sites is 1. The molecule has 1 saturated heterocycles. The van der Waals surface area contributed by atoms with E-state index in [1.165, 1.54) is 43.6 Å². The molecule has 1 heterocycles. The molecule has 0 aliphatic carbocycles. The molecular formula is C21H27N3S. The fourth-order valence-electron chi connectivity index (χ4n) is 3.31. The number of benzene rings is 2. The molecule has 0 amide bonds. The van der Waals surface area contributed by atoms with Crippen LogP contribution in [0.1, 0.15) is 44.6 Å². The summed E-state index contributed by atoms with van der Waals surface area (Å²) in [4.78, 5) is 2.46. The normalized spacial score (nSPS) is 14.4. The number of hydrogen-bond acceptors (Lipinski definition) is 2. The molecule has 4 heteroatoms. The Balaban J connectivity index is 1.61. The van der Waals surface area contributed by atoms with Crippen LogP contribution < -0.4 is 15.5 Å². The van der Waals surface area contributed by atoms with E-state index in [1.54, 1.807) is 0 Å². The Morgan fingerprint density at radius 3 is 2.28 bits per heavy atom. The summed E-state index contributed by atoms with van der Waals surface area (Å²) in [6, 6.07) is 16.9. The fourth-order valence-corrected chi connectivity index (χ4v) is 3.53. The van der Waals surface area contributed by atoms with Gasteiger partial charge >= 0.3 is 0 Å². The molecule has 2 aromatic rings. The molecule has 1 aliphatic heterocycles. The summed E-state index contributed by atoms with van der Waals surface area (Å²) < 4.78 is 0.